The van der Waals surface area contributed by atoms with Gasteiger partial charge in [0, 0.05) is 16.5 Å². The highest BCUT2D eigenvalue weighted by molar-refractivity contribution is 7.07. The Morgan fingerprint density at radius 3 is 2.72 bits per heavy atom. The van der Waals surface area contributed by atoms with E-state index in [1.54, 1.807) is 0 Å². The number of fused-ring (bicyclic) bond motifs is 2. The van der Waals surface area contributed by atoms with Gasteiger partial charge in [0.05, 0.1) is 24.1 Å². The van der Waals surface area contributed by atoms with Gasteiger partial charge in [0.2, 0.25) is 4.80 Å². The molecule has 1 amide bonds. The van der Waals surface area contributed by atoms with E-state index in [1.807, 2.05) is 70.9 Å². The third-order valence-corrected chi connectivity index (χ3v) is 6.82. The predicted octanol–water partition coefficient (Wildman–Crippen LogP) is 5.68. The van der Waals surface area contributed by atoms with Crippen molar-refractivity contribution in [1.29, 1.82) is 0 Å². The number of carbonyl (C=O) groups is 1. The van der Waals surface area contributed by atoms with E-state index in [0.717, 1.165) is 38.0 Å². The molecule has 0 bridgehead atoms. The highest BCUT2D eigenvalue weighted by Gasteiger charge is 2.18. The number of hydrogen-bond acceptors (Lipinski definition) is 5. The normalized spacial score (nSPS) is 13.6. The van der Waals surface area contributed by atoms with E-state index in [0.29, 0.717) is 18.0 Å². The number of hydrogen-bond donors (Lipinski definition) is 1. The summed E-state index contributed by atoms with van der Waals surface area (Å²) in [6.45, 7) is 0.585. The molecular weight excluding hydrogens is 468 g/mol. The van der Waals surface area contributed by atoms with Gasteiger partial charge < -0.3 is 10.1 Å². The lowest BCUT2D eigenvalue weighted by molar-refractivity contribution is -0.118. The molecule has 7 heteroatoms. The van der Waals surface area contributed by atoms with E-state index in [9.17, 15) is 4.79 Å². The van der Waals surface area contributed by atoms with Gasteiger partial charge in [-0.1, -0.05) is 72.8 Å². The van der Waals surface area contributed by atoms with Gasteiger partial charge in [0.25, 0.3) is 5.91 Å². The van der Waals surface area contributed by atoms with Crippen molar-refractivity contribution in [3.8, 4) is 17.0 Å². The average molecular weight is 491 g/mol. The smallest absolute Gasteiger partial charge is 0.262 e. The van der Waals surface area contributed by atoms with Gasteiger partial charge in [0.1, 0.15) is 5.75 Å². The van der Waals surface area contributed by atoms with E-state index >= 15 is 0 Å². The topological polar surface area (TPSA) is 68.0 Å². The Bertz CT molecular complexity index is 1660. The fourth-order valence-corrected chi connectivity index (χ4v) is 5.02. The van der Waals surface area contributed by atoms with Gasteiger partial charge in [-0.2, -0.15) is 5.10 Å². The summed E-state index contributed by atoms with van der Waals surface area (Å²) in [6, 6.07) is 30.4. The summed E-state index contributed by atoms with van der Waals surface area (Å²) in [5.41, 5.74) is 4.60. The molecular formula is C29H22N4O2S. The van der Waals surface area contributed by atoms with Crippen LogP contribution in [0, 0.1) is 0 Å². The van der Waals surface area contributed by atoms with Gasteiger partial charge in [-0.05, 0) is 34.5 Å². The number of ether oxygens (including phenoxy) is 1. The Morgan fingerprint density at radius 2 is 1.81 bits per heavy atom. The number of nitrogens with zero attached hydrogens (tertiary/aromatic N) is 3. The van der Waals surface area contributed by atoms with E-state index in [2.05, 4.69) is 41.7 Å². The predicted molar refractivity (Wildman–Crippen MR) is 145 cm³/mol. The molecule has 176 valence electrons. The zero-order valence-electron chi connectivity index (χ0n) is 19.3. The Kier molecular flexibility index (Phi) is 5.89. The van der Waals surface area contributed by atoms with Crippen molar-refractivity contribution < 1.29 is 9.53 Å². The minimum atomic E-state index is -0.162. The Morgan fingerprint density at radius 1 is 0.972 bits per heavy atom. The van der Waals surface area contributed by atoms with Crippen molar-refractivity contribution in [2.24, 2.45) is 10.1 Å². The lowest BCUT2D eigenvalue weighted by atomic mass is 10.1. The first-order chi connectivity index (χ1) is 17.7. The van der Waals surface area contributed by atoms with E-state index in [1.165, 1.54) is 11.3 Å². The lowest BCUT2D eigenvalue weighted by Gasteiger charge is -2.18. The van der Waals surface area contributed by atoms with Gasteiger partial charge in [-0.15, -0.1) is 11.3 Å². The molecule has 4 aromatic carbocycles. The molecule has 5 aromatic rings. The second kappa shape index (κ2) is 9.64. The summed E-state index contributed by atoms with van der Waals surface area (Å²) in [4.78, 5) is 17.5. The van der Waals surface area contributed by atoms with Crippen LogP contribution in [0.25, 0.3) is 22.0 Å². The molecule has 0 saturated carbocycles. The van der Waals surface area contributed by atoms with Crippen molar-refractivity contribution in [3.05, 3.63) is 112 Å². The number of aromatic nitrogens is 1. The molecule has 1 aliphatic heterocycles. The quantitative estimate of drug-likeness (QED) is 0.322. The average Bonchev–Trinajstić information content (AvgIpc) is 3.33. The van der Waals surface area contributed by atoms with E-state index in [4.69, 9.17) is 14.8 Å². The summed E-state index contributed by atoms with van der Waals surface area (Å²) < 4.78 is 7.40. The summed E-state index contributed by atoms with van der Waals surface area (Å²) in [6.07, 6.45) is 1.88. The van der Waals surface area contributed by atoms with Crippen molar-refractivity contribution >= 4 is 39.9 Å². The Labute approximate surface area is 211 Å². The molecule has 0 saturated heterocycles. The van der Waals surface area contributed by atoms with Crippen LogP contribution in [-0.4, -0.2) is 23.4 Å². The van der Waals surface area contributed by atoms with E-state index < -0.39 is 0 Å². The molecule has 0 radical (unpaired) electrons. The summed E-state index contributed by atoms with van der Waals surface area (Å²) in [7, 11) is 0. The second-order valence-corrected chi connectivity index (χ2v) is 9.21. The zero-order valence-corrected chi connectivity index (χ0v) is 20.1. The molecule has 2 heterocycles. The monoisotopic (exact) mass is 490 g/mol. The molecule has 0 fully saturated rings. The van der Waals surface area contributed by atoms with Crippen LogP contribution in [0.3, 0.4) is 0 Å². The van der Waals surface area contributed by atoms with Gasteiger partial charge in [-0.25, -0.2) is 4.68 Å². The van der Waals surface area contributed by atoms with Crippen molar-refractivity contribution in [2.75, 3.05) is 11.9 Å². The Hall–Kier alpha value is -4.49. The van der Waals surface area contributed by atoms with Crippen molar-refractivity contribution in [2.45, 2.75) is 6.54 Å². The van der Waals surface area contributed by atoms with Crippen LogP contribution >= 0.6 is 11.3 Å². The second-order valence-electron chi connectivity index (χ2n) is 8.38. The third-order valence-electron chi connectivity index (χ3n) is 5.97. The van der Waals surface area contributed by atoms with Gasteiger partial charge in [0.15, 0.2) is 6.61 Å². The minimum absolute atomic E-state index is 0.0304. The van der Waals surface area contributed by atoms with Crippen molar-refractivity contribution in [3.63, 3.8) is 0 Å². The standard InChI is InChI=1S/C29H22N4O2S/c34-28-18-35-27-14-13-22(15-25(27)32-28)26-19-36-29(30-16-20-7-2-1-3-8-20)33(26)31-17-23-11-6-10-21-9-4-5-12-24(21)23/h1-15,17,19H,16,18H2,(H,32,34). The molecule has 36 heavy (non-hydrogen) atoms. The first-order valence-corrected chi connectivity index (χ1v) is 12.5. The molecule has 6 nitrogen and oxygen atoms in total. The third kappa shape index (κ3) is 4.44. The number of nitrogens with one attached hydrogen (secondary N) is 1. The Balaban J connectivity index is 1.45. The highest BCUT2D eigenvalue weighted by Crippen LogP contribution is 2.33. The van der Waals surface area contributed by atoms with Gasteiger partial charge >= 0.3 is 0 Å². The number of amides is 1. The van der Waals surface area contributed by atoms with Crippen LogP contribution in [0.4, 0.5) is 5.69 Å². The number of anilines is 1. The van der Waals surface area contributed by atoms with Gasteiger partial charge in [-0.3, -0.25) is 9.79 Å². The largest absolute Gasteiger partial charge is 0.482 e. The maximum atomic E-state index is 11.9. The van der Waals surface area contributed by atoms with Crippen LogP contribution in [0.1, 0.15) is 11.1 Å². The first kappa shape index (κ1) is 22.0. The SMILES string of the molecule is O=C1COc2ccc(-c3csc(=NCc4ccccc4)n3N=Cc3cccc4ccccc34)cc2N1. The van der Waals surface area contributed by atoms with Crippen LogP contribution in [-0.2, 0) is 11.3 Å². The fourth-order valence-electron chi connectivity index (χ4n) is 4.19. The number of benzene rings is 4. The van der Waals surface area contributed by atoms with Crippen LogP contribution < -0.4 is 14.9 Å². The van der Waals surface area contributed by atoms with Crippen LogP contribution in [0.15, 0.2) is 106 Å². The molecule has 1 aliphatic rings. The van der Waals surface area contributed by atoms with Crippen molar-refractivity contribution in [1.82, 2.24) is 4.68 Å². The van der Waals surface area contributed by atoms with E-state index in [-0.39, 0.29) is 12.5 Å². The molecule has 0 aliphatic carbocycles. The zero-order chi connectivity index (χ0) is 24.3. The molecule has 1 N–H and O–H groups in total. The molecule has 0 spiro atoms. The molecule has 0 unspecified atom stereocenters. The number of rotatable bonds is 5. The molecule has 0 atom stereocenters. The molecule has 6 rings (SSSR count). The summed E-state index contributed by atoms with van der Waals surface area (Å²) >= 11 is 1.53. The maximum absolute atomic E-state index is 11.9. The first-order valence-electron chi connectivity index (χ1n) is 11.6. The van der Waals surface area contributed by atoms with Crippen LogP contribution in [0.5, 0.6) is 5.75 Å². The maximum Gasteiger partial charge on any atom is 0.262 e. The number of carbonyl (C=O) groups excluding carboxylic acids is 1. The molecule has 1 aromatic heterocycles. The lowest BCUT2D eigenvalue weighted by Crippen LogP contribution is -2.25. The summed E-state index contributed by atoms with van der Waals surface area (Å²) in [5, 5.41) is 12.1. The minimum Gasteiger partial charge on any atom is -0.482 e. The fraction of sp³-hybridized carbons (Fsp3) is 0.0690. The van der Waals surface area contributed by atoms with Crippen LogP contribution in [0.2, 0.25) is 0 Å². The highest BCUT2D eigenvalue weighted by atomic mass is 32.1. The number of thiazole rings is 1. The summed E-state index contributed by atoms with van der Waals surface area (Å²) in [5.74, 6) is 0.499.